The van der Waals surface area contributed by atoms with E-state index in [0.717, 1.165) is 12.8 Å². The quantitative estimate of drug-likeness (QED) is 0.157. The van der Waals surface area contributed by atoms with E-state index in [2.05, 4.69) is 11.9 Å². The first-order valence-corrected chi connectivity index (χ1v) is 9.90. The van der Waals surface area contributed by atoms with Crippen molar-refractivity contribution in [3.63, 3.8) is 0 Å². The summed E-state index contributed by atoms with van der Waals surface area (Å²) < 4.78 is 29.4. The monoisotopic (exact) mass is 355 g/mol. The van der Waals surface area contributed by atoms with Gasteiger partial charge in [0, 0.05) is 0 Å². The molecule has 0 aromatic carbocycles. The Balaban J connectivity index is 0. The molecular weight excluding hydrogens is 325 g/mol. The Labute approximate surface area is 163 Å². The van der Waals surface area contributed by atoms with Crippen molar-refractivity contribution in [3.05, 3.63) is 12.2 Å². The maximum Gasteiger partial charge on any atom is 1.00 e. The summed E-state index contributed by atoms with van der Waals surface area (Å²) in [6.07, 6.45) is 15.4. The van der Waals surface area contributed by atoms with Gasteiger partial charge in [-0.15, -0.1) is 0 Å². The third-order valence-electron chi connectivity index (χ3n) is 3.35. The van der Waals surface area contributed by atoms with E-state index in [4.69, 9.17) is 4.55 Å². The van der Waals surface area contributed by atoms with Crippen molar-refractivity contribution in [2.75, 3.05) is 12.3 Å². The summed E-state index contributed by atoms with van der Waals surface area (Å²) in [6.45, 7) is 2.03. The Bertz CT molecular complexity index is 422. The van der Waals surface area contributed by atoms with Crippen LogP contribution in [0.25, 0.3) is 0 Å². The number of allylic oxidation sites excluding steroid dienone is 1. The van der Waals surface area contributed by atoms with Gasteiger partial charge in [-0.2, -0.15) is 8.42 Å². The number of hydrogen-bond acceptors (Lipinski definition) is 4. The standard InChI is InChI=1S/C16H31NO4S.Na/c1-2-3-4-5-6-7-8-9-10-11-12-13-16(18)17-14-15-22(19,20)21;/h12-13H,2-11,14-15H2,1H3,(H,17,18)(H,19,20,21);/q;+1/p-1/b13-12+;. The average molecular weight is 355 g/mol. The van der Waals surface area contributed by atoms with Crippen LogP contribution in [-0.2, 0) is 10.1 Å². The van der Waals surface area contributed by atoms with Crippen LogP contribution >= 0.6 is 0 Å². The molecule has 1 N–H and O–H groups in total. The second-order valence-corrected chi connectivity index (χ2v) is 7.10. The first-order valence-electron chi connectivity index (χ1n) is 8.29. The predicted molar refractivity (Wildman–Crippen MR) is 89.7 cm³/mol. The molecule has 0 atom stereocenters. The predicted octanol–water partition coefficient (Wildman–Crippen LogP) is 0.114. The molecule has 0 unspecified atom stereocenters. The second kappa shape index (κ2) is 17.0. The van der Waals surface area contributed by atoms with Gasteiger partial charge in [0.25, 0.3) is 10.1 Å². The summed E-state index contributed by atoms with van der Waals surface area (Å²) in [5.41, 5.74) is 0. The van der Waals surface area contributed by atoms with Crippen molar-refractivity contribution in [3.8, 4) is 0 Å². The minimum absolute atomic E-state index is 0. The van der Waals surface area contributed by atoms with Crippen LogP contribution < -0.4 is 34.7 Å². The maximum atomic E-state index is 11.3. The molecule has 0 aromatic heterocycles. The van der Waals surface area contributed by atoms with Gasteiger partial charge in [-0.1, -0.05) is 70.4 Å². The molecule has 0 radical (unpaired) electrons. The zero-order valence-electron chi connectivity index (χ0n) is 14.7. The number of hydrogen-bond donors (Lipinski definition) is 1. The summed E-state index contributed by atoms with van der Waals surface area (Å²) in [5, 5.41) is 11.3. The van der Waals surface area contributed by atoms with E-state index in [1.165, 1.54) is 57.4 Å². The molecule has 23 heavy (non-hydrogen) atoms. The zero-order chi connectivity index (χ0) is 16.7. The number of nitrogens with zero attached hydrogens (tertiary/aromatic N) is 1. The smallest absolute Gasteiger partial charge is 0.859 e. The number of rotatable bonds is 14. The van der Waals surface area contributed by atoms with Crippen LogP contribution in [-0.4, -0.2) is 31.2 Å². The average Bonchev–Trinajstić information content (AvgIpc) is 2.43. The largest absolute Gasteiger partial charge is 1.00 e. The molecule has 0 saturated heterocycles. The van der Waals surface area contributed by atoms with Gasteiger partial charge in [0.05, 0.1) is 12.3 Å². The van der Waals surface area contributed by atoms with E-state index < -0.39 is 21.8 Å². The van der Waals surface area contributed by atoms with E-state index in [1.54, 1.807) is 6.08 Å². The summed E-state index contributed by atoms with van der Waals surface area (Å²) in [7, 11) is -4.04. The molecule has 5 nitrogen and oxygen atoms in total. The third kappa shape index (κ3) is 22.1. The number of unbranched alkanes of at least 4 members (excludes halogenated alkanes) is 9. The Morgan fingerprint density at radius 3 is 2.09 bits per heavy atom. The van der Waals surface area contributed by atoms with Crippen LogP contribution in [0.15, 0.2) is 17.1 Å². The van der Waals surface area contributed by atoms with Gasteiger partial charge in [0.1, 0.15) is 0 Å². The SMILES string of the molecule is CCCCCCCCCCC/C=C/C([O-])=NCCS(=O)(=O)O.[Na+]. The maximum absolute atomic E-state index is 11.3. The van der Waals surface area contributed by atoms with Crippen LogP contribution in [0.5, 0.6) is 0 Å². The van der Waals surface area contributed by atoms with Crippen LogP contribution in [0.2, 0.25) is 0 Å². The van der Waals surface area contributed by atoms with Crippen molar-refractivity contribution in [2.45, 2.75) is 71.1 Å². The van der Waals surface area contributed by atoms with Crippen molar-refractivity contribution in [2.24, 2.45) is 4.99 Å². The van der Waals surface area contributed by atoms with E-state index in [9.17, 15) is 13.5 Å². The third-order valence-corrected chi connectivity index (χ3v) is 4.05. The first-order chi connectivity index (χ1) is 10.5. The summed E-state index contributed by atoms with van der Waals surface area (Å²) >= 11 is 0. The molecule has 0 aliphatic rings. The van der Waals surface area contributed by atoms with Crippen molar-refractivity contribution in [1.29, 1.82) is 0 Å². The zero-order valence-corrected chi connectivity index (χ0v) is 17.5. The Morgan fingerprint density at radius 1 is 1.04 bits per heavy atom. The van der Waals surface area contributed by atoms with Crippen LogP contribution in [0.3, 0.4) is 0 Å². The molecular formula is C16H30NNaO4S. The molecule has 0 aliphatic heterocycles. The summed E-state index contributed by atoms with van der Waals surface area (Å²) in [6, 6.07) is 0. The molecule has 0 aromatic rings. The summed E-state index contributed by atoms with van der Waals surface area (Å²) in [5.74, 6) is -0.954. The molecule has 0 bridgehead atoms. The van der Waals surface area contributed by atoms with E-state index >= 15 is 0 Å². The molecule has 7 heteroatoms. The molecule has 0 aliphatic carbocycles. The Morgan fingerprint density at radius 2 is 1.57 bits per heavy atom. The molecule has 130 valence electrons. The summed E-state index contributed by atoms with van der Waals surface area (Å²) in [4.78, 5) is 3.53. The van der Waals surface area contributed by atoms with E-state index in [0.29, 0.717) is 0 Å². The van der Waals surface area contributed by atoms with Crippen LogP contribution in [0, 0.1) is 0 Å². The van der Waals surface area contributed by atoms with E-state index in [-0.39, 0.29) is 36.1 Å². The molecule has 0 fully saturated rings. The van der Waals surface area contributed by atoms with Gasteiger partial charge in [-0.25, -0.2) is 0 Å². The van der Waals surface area contributed by atoms with Gasteiger partial charge in [0.2, 0.25) is 0 Å². The van der Waals surface area contributed by atoms with Gasteiger partial charge in [-0.05, 0) is 18.7 Å². The van der Waals surface area contributed by atoms with Gasteiger partial charge < -0.3 is 5.11 Å². The fraction of sp³-hybridized carbons (Fsp3) is 0.812. The normalized spacial score (nSPS) is 12.5. The minimum atomic E-state index is -4.04. The van der Waals surface area contributed by atoms with Gasteiger partial charge in [-0.3, -0.25) is 9.55 Å². The molecule has 0 rings (SSSR count). The molecule has 0 saturated carbocycles. The van der Waals surface area contributed by atoms with Crippen LogP contribution in [0.4, 0.5) is 0 Å². The Hall–Kier alpha value is 0.120. The Kier molecular flexibility index (Phi) is 18.7. The topological polar surface area (TPSA) is 89.8 Å². The van der Waals surface area contributed by atoms with Crippen molar-refractivity contribution < 1.29 is 47.6 Å². The molecule has 0 amide bonds. The van der Waals surface area contributed by atoms with Crippen LogP contribution in [0.1, 0.15) is 71.1 Å². The fourth-order valence-electron chi connectivity index (χ4n) is 2.08. The first kappa shape index (κ1) is 25.4. The molecule has 0 heterocycles. The van der Waals surface area contributed by atoms with Gasteiger partial charge in [0.15, 0.2) is 0 Å². The minimum Gasteiger partial charge on any atom is -0.859 e. The molecule has 0 spiro atoms. The number of aliphatic imine (C=N–C) groups is 1. The second-order valence-electron chi connectivity index (χ2n) is 5.53. The van der Waals surface area contributed by atoms with Crippen molar-refractivity contribution in [1.82, 2.24) is 0 Å². The van der Waals surface area contributed by atoms with E-state index in [1.807, 2.05) is 0 Å². The fourth-order valence-corrected chi connectivity index (χ4v) is 2.40. The van der Waals surface area contributed by atoms with Gasteiger partial charge >= 0.3 is 29.6 Å². The van der Waals surface area contributed by atoms with Crippen molar-refractivity contribution >= 4 is 16.0 Å².